The summed E-state index contributed by atoms with van der Waals surface area (Å²) in [4.78, 5) is 11.2. The summed E-state index contributed by atoms with van der Waals surface area (Å²) >= 11 is 0. The van der Waals surface area contributed by atoms with Crippen LogP contribution in [-0.4, -0.2) is 33.7 Å². The van der Waals surface area contributed by atoms with Crippen molar-refractivity contribution in [1.29, 1.82) is 0 Å². The summed E-state index contributed by atoms with van der Waals surface area (Å²) < 4.78 is 31.6. The lowest BCUT2D eigenvalue weighted by Gasteiger charge is -2.21. The largest absolute Gasteiger partial charge is 0.496 e. The van der Waals surface area contributed by atoms with Crippen LogP contribution in [0.5, 0.6) is 5.75 Å². The number of carboxylic acids is 1. The third kappa shape index (κ3) is 3.14. The van der Waals surface area contributed by atoms with E-state index in [-0.39, 0.29) is 16.2 Å². The second-order valence-corrected chi connectivity index (χ2v) is 6.90. The molecule has 2 aromatic carbocycles. The van der Waals surface area contributed by atoms with Gasteiger partial charge in [-0.25, -0.2) is 13.2 Å². The molecule has 2 rings (SSSR count). The topological polar surface area (TPSA) is 83.9 Å². The number of benzene rings is 2. The molecule has 0 saturated heterocycles. The minimum Gasteiger partial charge on any atom is -0.496 e. The second kappa shape index (κ2) is 6.29. The summed E-state index contributed by atoms with van der Waals surface area (Å²) in [6, 6.07) is 10.8. The van der Waals surface area contributed by atoms with E-state index in [1.807, 2.05) is 6.07 Å². The van der Waals surface area contributed by atoms with Crippen molar-refractivity contribution in [2.24, 2.45) is 0 Å². The van der Waals surface area contributed by atoms with Crippen LogP contribution in [-0.2, 0) is 10.0 Å². The molecule has 0 saturated carbocycles. The van der Waals surface area contributed by atoms with Crippen molar-refractivity contribution in [3.8, 4) is 5.75 Å². The summed E-state index contributed by atoms with van der Waals surface area (Å²) in [5.74, 6) is -1.15. The van der Waals surface area contributed by atoms with Gasteiger partial charge in [0.05, 0.1) is 17.7 Å². The van der Waals surface area contributed by atoms with E-state index in [1.165, 1.54) is 26.3 Å². The van der Waals surface area contributed by atoms with E-state index >= 15 is 0 Å². The number of carboxylic acid groups (broad SMARTS) is 1. The van der Waals surface area contributed by atoms with Crippen molar-refractivity contribution < 1.29 is 23.1 Å². The van der Waals surface area contributed by atoms with Gasteiger partial charge in [-0.2, -0.15) is 0 Å². The highest BCUT2D eigenvalue weighted by Crippen LogP contribution is 2.28. The molecule has 122 valence electrons. The quantitative estimate of drug-likeness (QED) is 0.908. The fraction of sp³-hybridized carbons (Fsp3) is 0.188. The highest BCUT2D eigenvalue weighted by molar-refractivity contribution is 7.92. The minimum atomic E-state index is -3.88. The van der Waals surface area contributed by atoms with Crippen LogP contribution in [0.2, 0.25) is 0 Å². The molecule has 2 aromatic rings. The standard InChI is InChI=1S/C16H17NO5S/c1-11-6-4-5-7-14(11)17(2)23(20,21)12-8-9-15(22-3)13(10-12)16(18)19/h4-10H,1-3H3,(H,18,19). The van der Waals surface area contributed by atoms with Crippen LogP contribution in [0.4, 0.5) is 5.69 Å². The fourth-order valence-electron chi connectivity index (χ4n) is 2.22. The molecular formula is C16H17NO5S. The molecule has 0 unspecified atom stereocenters. The highest BCUT2D eigenvalue weighted by atomic mass is 32.2. The zero-order chi connectivity index (χ0) is 17.2. The molecule has 0 heterocycles. The Morgan fingerprint density at radius 1 is 1.17 bits per heavy atom. The van der Waals surface area contributed by atoms with E-state index in [2.05, 4.69) is 0 Å². The van der Waals surface area contributed by atoms with Gasteiger partial charge < -0.3 is 9.84 Å². The van der Waals surface area contributed by atoms with Gasteiger partial charge >= 0.3 is 5.97 Å². The van der Waals surface area contributed by atoms with E-state index in [1.54, 1.807) is 25.1 Å². The molecule has 0 aliphatic carbocycles. The Hall–Kier alpha value is -2.54. The SMILES string of the molecule is COc1ccc(S(=O)(=O)N(C)c2ccccc2C)cc1C(=O)O. The summed E-state index contributed by atoms with van der Waals surface area (Å²) in [6.45, 7) is 1.80. The van der Waals surface area contributed by atoms with Crippen LogP contribution in [0.1, 0.15) is 15.9 Å². The molecule has 0 radical (unpaired) electrons. The van der Waals surface area contributed by atoms with Crippen LogP contribution < -0.4 is 9.04 Å². The summed E-state index contributed by atoms with van der Waals surface area (Å²) in [5.41, 5.74) is 1.12. The number of methoxy groups -OCH3 is 1. The first-order valence-electron chi connectivity index (χ1n) is 6.75. The number of aromatic carboxylic acids is 1. The van der Waals surface area contributed by atoms with Crippen molar-refractivity contribution in [1.82, 2.24) is 0 Å². The smallest absolute Gasteiger partial charge is 0.339 e. The molecule has 1 N–H and O–H groups in total. The number of carbonyl (C=O) groups is 1. The van der Waals surface area contributed by atoms with Crippen molar-refractivity contribution in [3.05, 3.63) is 53.6 Å². The average Bonchev–Trinajstić information content (AvgIpc) is 2.53. The number of sulfonamides is 1. The Labute approximate surface area is 135 Å². The Balaban J connectivity index is 2.54. The first kappa shape index (κ1) is 16.8. The Morgan fingerprint density at radius 3 is 2.39 bits per heavy atom. The lowest BCUT2D eigenvalue weighted by molar-refractivity contribution is 0.0693. The Morgan fingerprint density at radius 2 is 1.83 bits per heavy atom. The number of anilines is 1. The summed E-state index contributed by atoms with van der Waals surface area (Å²) in [7, 11) is -1.12. The Bertz CT molecular complexity index is 845. The van der Waals surface area contributed by atoms with Crippen LogP contribution in [0.15, 0.2) is 47.4 Å². The molecule has 0 spiro atoms. The number of rotatable bonds is 5. The number of hydrogen-bond donors (Lipinski definition) is 1. The predicted molar refractivity (Wildman–Crippen MR) is 86.7 cm³/mol. The lowest BCUT2D eigenvalue weighted by atomic mass is 10.2. The maximum absolute atomic E-state index is 12.8. The van der Waals surface area contributed by atoms with E-state index in [9.17, 15) is 18.3 Å². The van der Waals surface area contributed by atoms with Crippen LogP contribution in [0.25, 0.3) is 0 Å². The monoisotopic (exact) mass is 335 g/mol. The van der Waals surface area contributed by atoms with Gasteiger partial charge in [-0.3, -0.25) is 4.31 Å². The van der Waals surface area contributed by atoms with Gasteiger partial charge in [0.1, 0.15) is 11.3 Å². The highest BCUT2D eigenvalue weighted by Gasteiger charge is 2.24. The first-order valence-corrected chi connectivity index (χ1v) is 8.19. The zero-order valence-corrected chi connectivity index (χ0v) is 13.8. The molecule has 0 aliphatic rings. The van der Waals surface area contributed by atoms with Crippen LogP contribution in [0, 0.1) is 6.92 Å². The number of para-hydroxylation sites is 1. The molecule has 0 atom stereocenters. The molecule has 0 bridgehead atoms. The minimum absolute atomic E-state index is 0.106. The van der Waals surface area contributed by atoms with Crippen LogP contribution in [0.3, 0.4) is 0 Å². The number of hydrogen-bond acceptors (Lipinski definition) is 4. The second-order valence-electron chi connectivity index (χ2n) is 4.93. The number of aryl methyl sites for hydroxylation is 1. The lowest BCUT2D eigenvalue weighted by Crippen LogP contribution is -2.27. The molecule has 0 aliphatic heterocycles. The van der Waals surface area contributed by atoms with Gasteiger partial charge in [-0.15, -0.1) is 0 Å². The maximum Gasteiger partial charge on any atom is 0.339 e. The van der Waals surface area contributed by atoms with Gasteiger partial charge in [0.2, 0.25) is 0 Å². The molecule has 0 amide bonds. The van der Waals surface area contributed by atoms with Gasteiger partial charge in [-0.05, 0) is 36.8 Å². The summed E-state index contributed by atoms with van der Waals surface area (Å²) in [5, 5.41) is 9.20. The maximum atomic E-state index is 12.8. The van der Waals surface area contributed by atoms with Crippen molar-refractivity contribution in [2.45, 2.75) is 11.8 Å². The van der Waals surface area contributed by atoms with Gasteiger partial charge in [0.15, 0.2) is 0 Å². The van der Waals surface area contributed by atoms with Crippen molar-refractivity contribution >= 4 is 21.7 Å². The summed E-state index contributed by atoms with van der Waals surface area (Å²) in [6.07, 6.45) is 0. The van der Waals surface area contributed by atoms with Crippen molar-refractivity contribution in [2.75, 3.05) is 18.5 Å². The van der Waals surface area contributed by atoms with Gasteiger partial charge in [-0.1, -0.05) is 18.2 Å². The zero-order valence-electron chi connectivity index (χ0n) is 13.0. The molecule has 6 nitrogen and oxygen atoms in total. The average molecular weight is 335 g/mol. The fourth-order valence-corrected chi connectivity index (χ4v) is 3.51. The molecule has 7 heteroatoms. The van der Waals surface area contributed by atoms with Gasteiger partial charge in [0, 0.05) is 7.05 Å². The number of ether oxygens (including phenoxy) is 1. The predicted octanol–water partition coefficient (Wildman–Crippen LogP) is 2.53. The van der Waals surface area contributed by atoms with Gasteiger partial charge in [0.25, 0.3) is 10.0 Å². The van der Waals surface area contributed by atoms with E-state index in [0.717, 1.165) is 15.9 Å². The van der Waals surface area contributed by atoms with E-state index in [4.69, 9.17) is 4.74 Å². The van der Waals surface area contributed by atoms with Crippen molar-refractivity contribution in [3.63, 3.8) is 0 Å². The van der Waals surface area contributed by atoms with Crippen LogP contribution >= 0.6 is 0 Å². The third-order valence-corrected chi connectivity index (χ3v) is 5.28. The number of nitrogens with zero attached hydrogens (tertiary/aromatic N) is 1. The first-order chi connectivity index (χ1) is 10.8. The Kier molecular flexibility index (Phi) is 4.60. The normalized spacial score (nSPS) is 11.1. The molecule has 0 fully saturated rings. The molecular weight excluding hydrogens is 318 g/mol. The molecule has 0 aromatic heterocycles. The van der Waals surface area contributed by atoms with E-state index in [0.29, 0.717) is 5.69 Å². The van der Waals surface area contributed by atoms with E-state index < -0.39 is 16.0 Å². The molecule has 23 heavy (non-hydrogen) atoms. The third-order valence-electron chi connectivity index (χ3n) is 3.51.